The molecule has 0 atom stereocenters. The fraction of sp³-hybridized carbons (Fsp3) is 0.536. The van der Waals surface area contributed by atoms with E-state index in [2.05, 4.69) is 63.7 Å². The van der Waals surface area contributed by atoms with Crippen LogP contribution in [-0.4, -0.2) is 14.4 Å². The Morgan fingerprint density at radius 2 is 1.14 bits per heavy atom. The second-order valence-electron chi connectivity index (χ2n) is 10.7. The SMILES string of the molecule is CC(C)c1cc(C(C)C)c(NC(=O)NS(=O)(=O)Oc2c(C(C)C)cccc2C(C)C)c(C(C)C)c1. The molecule has 0 radical (unpaired) electrons. The van der Waals surface area contributed by atoms with Crippen molar-refractivity contribution in [2.24, 2.45) is 0 Å². The van der Waals surface area contributed by atoms with Crippen LogP contribution in [0.15, 0.2) is 30.3 Å². The largest absolute Gasteiger partial charge is 0.411 e. The van der Waals surface area contributed by atoms with Crippen LogP contribution in [-0.2, 0) is 10.3 Å². The summed E-state index contributed by atoms with van der Waals surface area (Å²) < 4.78 is 33.4. The summed E-state index contributed by atoms with van der Waals surface area (Å²) in [6.07, 6.45) is 0. The first-order valence-electron chi connectivity index (χ1n) is 12.5. The molecular formula is C28H42N2O4S. The predicted molar refractivity (Wildman–Crippen MR) is 145 cm³/mol. The van der Waals surface area contributed by atoms with Gasteiger partial charge in [0, 0.05) is 5.69 Å². The fourth-order valence-electron chi connectivity index (χ4n) is 4.06. The zero-order valence-corrected chi connectivity index (χ0v) is 23.6. The van der Waals surface area contributed by atoms with Crippen LogP contribution in [0.25, 0.3) is 0 Å². The Hall–Kier alpha value is -2.54. The molecule has 0 saturated carbocycles. The third-order valence-corrected chi connectivity index (χ3v) is 6.92. The van der Waals surface area contributed by atoms with E-state index in [4.69, 9.17) is 4.18 Å². The highest BCUT2D eigenvalue weighted by atomic mass is 32.2. The number of urea groups is 1. The van der Waals surface area contributed by atoms with Gasteiger partial charge in [-0.2, -0.15) is 8.42 Å². The van der Waals surface area contributed by atoms with Gasteiger partial charge in [0.2, 0.25) is 0 Å². The average molecular weight is 503 g/mol. The summed E-state index contributed by atoms with van der Waals surface area (Å²) in [6, 6.07) is 8.93. The molecular weight excluding hydrogens is 460 g/mol. The van der Waals surface area contributed by atoms with Crippen molar-refractivity contribution < 1.29 is 17.4 Å². The smallest absolute Gasteiger partial charge is 0.366 e. The topological polar surface area (TPSA) is 84.5 Å². The molecule has 0 fully saturated rings. The normalized spacial score (nSPS) is 12.2. The minimum Gasteiger partial charge on any atom is -0.366 e. The highest BCUT2D eigenvalue weighted by Crippen LogP contribution is 2.37. The van der Waals surface area contributed by atoms with Crippen molar-refractivity contribution in [1.29, 1.82) is 0 Å². The number of benzene rings is 2. The zero-order valence-electron chi connectivity index (χ0n) is 22.8. The molecule has 6 nitrogen and oxygen atoms in total. The van der Waals surface area contributed by atoms with Crippen molar-refractivity contribution in [2.45, 2.75) is 98.8 Å². The van der Waals surface area contributed by atoms with Gasteiger partial charge in [0.1, 0.15) is 0 Å². The Morgan fingerprint density at radius 1 is 0.714 bits per heavy atom. The molecule has 0 bridgehead atoms. The third kappa shape index (κ3) is 7.23. The molecule has 2 aromatic carbocycles. The summed E-state index contributed by atoms with van der Waals surface area (Å²) in [6.45, 7) is 20.4. The number of nitrogens with one attached hydrogen (secondary N) is 2. The second kappa shape index (κ2) is 11.5. The first kappa shape index (κ1) is 28.7. The molecule has 0 spiro atoms. The van der Waals surface area contributed by atoms with Gasteiger partial charge in [-0.15, -0.1) is 0 Å². The van der Waals surface area contributed by atoms with Gasteiger partial charge < -0.3 is 9.50 Å². The highest BCUT2D eigenvalue weighted by molar-refractivity contribution is 7.85. The van der Waals surface area contributed by atoms with E-state index in [0.29, 0.717) is 11.6 Å². The average Bonchev–Trinajstić information content (AvgIpc) is 2.72. The molecule has 2 N–H and O–H groups in total. The second-order valence-corrected chi connectivity index (χ2v) is 12.0. The van der Waals surface area contributed by atoms with Gasteiger partial charge in [0.25, 0.3) is 0 Å². The molecule has 35 heavy (non-hydrogen) atoms. The lowest BCUT2D eigenvalue weighted by Crippen LogP contribution is -2.38. The Kier molecular flexibility index (Phi) is 9.40. The van der Waals surface area contributed by atoms with Crippen LogP contribution >= 0.6 is 0 Å². The minimum absolute atomic E-state index is 0.0504. The van der Waals surface area contributed by atoms with Crippen LogP contribution in [0.5, 0.6) is 5.75 Å². The number of carbonyl (C=O) groups is 1. The van der Waals surface area contributed by atoms with Crippen LogP contribution in [0.4, 0.5) is 10.5 Å². The van der Waals surface area contributed by atoms with Gasteiger partial charge >= 0.3 is 16.3 Å². The first-order chi connectivity index (χ1) is 16.1. The van der Waals surface area contributed by atoms with Crippen molar-refractivity contribution >= 4 is 22.0 Å². The number of hydrogen-bond acceptors (Lipinski definition) is 4. The molecule has 0 aliphatic carbocycles. The number of rotatable bonds is 9. The molecule has 2 aromatic rings. The standard InChI is InChI=1S/C28H42N2O4S/c1-16(2)21-14-24(19(7)8)26(25(15-21)20(9)10)29-28(31)30-35(32,33)34-27-22(17(3)4)12-11-13-23(27)18(5)6/h11-20H,1-10H3,(H2,29,30,31). The van der Waals surface area contributed by atoms with E-state index in [1.165, 1.54) is 5.56 Å². The summed E-state index contributed by atoms with van der Waals surface area (Å²) in [5, 5.41) is 2.82. The first-order valence-corrected chi connectivity index (χ1v) is 13.9. The summed E-state index contributed by atoms with van der Waals surface area (Å²) in [4.78, 5) is 12.9. The monoisotopic (exact) mass is 502 g/mol. The maximum Gasteiger partial charge on any atom is 0.411 e. The lowest BCUT2D eigenvalue weighted by Gasteiger charge is -2.23. The molecule has 2 amide bonds. The van der Waals surface area contributed by atoms with Crippen LogP contribution in [0.3, 0.4) is 0 Å². The molecule has 0 saturated heterocycles. The zero-order chi connectivity index (χ0) is 26.7. The fourth-order valence-corrected chi connectivity index (χ4v) is 4.79. The molecule has 194 valence electrons. The van der Waals surface area contributed by atoms with Crippen LogP contribution in [0.2, 0.25) is 0 Å². The van der Waals surface area contributed by atoms with Gasteiger partial charge in [-0.25, -0.2) is 9.52 Å². The van der Waals surface area contributed by atoms with Crippen molar-refractivity contribution in [2.75, 3.05) is 5.32 Å². The number of para-hydroxylation sites is 1. The van der Waals surface area contributed by atoms with E-state index >= 15 is 0 Å². The molecule has 7 heteroatoms. The van der Waals surface area contributed by atoms with Crippen molar-refractivity contribution in [3.63, 3.8) is 0 Å². The lowest BCUT2D eigenvalue weighted by molar-refractivity contribution is 0.255. The Bertz CT molecular complexity index is 1090. The number of carbonyl (C=O) groups excluding carboxylic acids is 1. The van der Waals surface area contributed by atoms with Crippen LogP contribution in [0.1, 0.15) is 127 Å². The number of amides is 2. The van der Waals surface area contributed by atoms with Crippen molar-refractivity contribution in [3.8, 4) is 5.75 Å². The predicted octanol–water partition coefficient (Wildman–Crippen LogP) is 7.75. The van der Waals surface area contributed by atoms with E-state index in [0.717, 1.165) is 22.3 Å². The van der Waals surface area contributed by atoms with Gasteiger partial charge in [-0.1, -0.05) is 99.6 Å². The Morgan fingerprint density at radius 3 is 1.51 bits per heavy atom. The number of anilines is 1. The molecule has 0 unspecified atom stereocenters. The van der Waals surface area contributed by atoms with E-state index < -0.39 is 16.3 Å². The molecule has 0 aliphatic rings. The number of hydrogen-bond donors (Lipinski definition) is 2. The van der Waals surface area contributed by atoms with E-state index in [1.54, 1.807) is 0 Å². The summed E-state index contributed by atoms with van der Waals surface area (Å²) in [5.41, 5.74) is 5.33. The van der Waals surface area contributed by atoms with Crippen LogP contribution in [0, 0.1) is 0 Å². The van der Waals surface area contributed by atoms with Crippen molar-refractivity contribution in [3.05, 3.63) is 58.1 Å². The Labute approximate surface area is 212 Å². The Balaban J connectivity index is 2.40. The molecule has 0 aliphatic heterocycles. The maximum atomic E-state index is 12.9. The minimum atomic E-state index is -4.42. The van der Waals surface area contributed by atoms with E-state index in [-0.39, 0.29) is 29.4 Å². The van der Waals surface area contributed by atoms with Gasteiger partial charge in [0.05, 0.1) is 0 Å². The van der Waals surface area contributed by atoms with Gasteiger partial charge in [0.15, 0.2) is 5.75 Å². The summed E-state index contributed by atoms with van der Waals surface area (Å²) in [7, 11) is -4.42. The third-order valence-electron chi connectivity index (χ3n) is 6.10. The van der Waals surface area contributed by atoms with Crippen LogP contribution < -0.4 is 14.2 Å². The van der Waals surface area contributed by atoms with Gasteiger partial charge in [-0.05, 0) is 57.4 Å². The highest BCUT2D eigenvalue weighted by Gasteiger charge is 2.25. The van der Waals surface area contributed by atoms with E-state index in [1.807, 2.05) is 45.9 Å². The quantitative estimate of drug-likeness (QED) is 0.367. The molecule has 0 aromatic heterocycles. The van der Waals surface area contributed by atoms with Crippen molar-refractivity contribution in [1.82, 2.24) is 4.72 Å². The maximum absolute atomic E-state index is 12.9. The van der Waals surface area contributed by atoms with E-state index in [9.17, 15) is 13.2 Å². The lowest BCUT2D eigenvalue weighted by atomic mass is 9.87. The summed E-state index contributed by atoms with van der Waals surface area (Å²) >= 11 is 0. The van der Waals surface area contributed by atoms with Gasteiger partial charge in [-0.3, -0.25) is 0 Å². The molecule has 0 heterocycles. The molecule has 2 rings (SSSR count). The summed E-state index contributed by atoms with van der Waals surface area (Å²) in [5.74, 6) is 0.994.